The van der Waals surface area contributed by atoms with Gasteiger partial charge in [0.15, 0.2) is 0 Å². The van der Waals surface area contributed by atoms with Crippen molar-refractivity contribution in [2.45, 2.75) is 54.1 Å². The molecule has 0 spiro atoms. The molecule has 1 amide bonds. The van der Waals surface area contributed by atoms with Crippen molar-refractivity contribution in [1.82, 2.24) is 19.9 Å². The van der Waals surface area contributed by atoms with Gasteiger partial charge in [-0.2, -0.15) is 0 Å². The summed E-state index contributed by atoms with van der Waals surface area (Å²) in [6, 6.07) is 14.3. The van der Waals surface area contributed by atoms with Crippen molar-refractivity contribution < 1.29 is 14.6 Å². The van der Waals surface area contributed by atoms with E-state index in [1.807, 2.05) is 32.0 Å². The predicted molar refractivity (Wildman–Crippen MR) is 129 cm³/mol. The van der Waals surface area contributed by atoms with E-state index >= 15 is 0 Å². The molecular formula is C24H38N4O3. The lowest BCUT2D eigenvalue weighted by Gasteiger charge is -2.11. The van der Waals surface area contributed by atoms with Crippen LogP contribution < -0.4 is 10.9 Å². The molecule has 0 saturated carbocycles. The van der Waals surface area contributed by atoms with Crippen LogP contribution in [0.2, 0.25) is 0 Å². The average Bonchev–Trinajstić information content (AvgIpc) is 2.74. The van der Waals surface area contributed by atoms with Crippen LogP contribution in [0.15, 0.2) is 53.5 Å². The number of hydrogen-bond donors (Lipinski definition) is 1. The number of aryl methyl sites for hydroxylation is 5. The number of aromatic nitrogens is 3. The Bertz CT molecular complexity index is 1060. The Hall–Kier alpha value is -3.32. The van der Waals surface area contributed by atoms with E-state index in [9.17, 15) is 9.59 Å². The van der Waals surface area contributed by atoms with Gasteiger partial charge in [-0.15, -0.1) is 0 Å². The number of carbonyl (C=O) groups excluding carboxylic acids is 1. The molecular weight excluding hydrogens is 392 g/mol. The van der Waals surface area contributed by atoms with Crippen LogP contribution in [0.1, 0.15) is 45.1 Å². The molecule has 7 heteroatoms. The fourth-order valence-electron chi connectivity index (χ4n) is 2.88. The standard InChI is InChI=1S/C16H20N4O2.C8H10.H2O.3H2/c1-10-5-6-14(12(3)19-10)8-18-15(21)9-20-11(2)7-17-13(4)16(20)22;1-2-8-6-4-3-5-7-8;;;;/h5-7H,8-9H2,1-4H3,(H,18,21);3-7H,2H2,1H3;1H2;3*1H. The second-order valence-electron chi connectivity index (χ2n) is 7.19. The number of carbonyl (C=O) groups is 1. The third-order valence-corrected chi connectivity index (χ3v) is 4.79. The molecule has 0 aliphatic heterocycles. The maximum Gasteiger partial charge on any atom is 0.272 e. The molecule has 3 aromatic rings. The maximum absolute atomic E-state index is 12.1. The Morgan fingerprint density at radius 2 is 1.71 bits per heavy atom. The summed E-state index contributed by atoms with van der Waals surface area (Å²) < 4.78 is 1.43. The van der Waals surface area contributed by atoms with Gasteiger partial charge in [-0.25, -0.2) is 0 Å². The largest absolute Gasteiger partial charge is 0.412 e. The number of amides is 1. The number of nitrogens with zero attached hydrogens (tertiary/aromatic N) is 3. The first-order valence-electron chi connectivity index (χ1n) is 10.1. The van der Waals surface area contributed by atoms with E-state index in [4.69, 9.17) is 0 Å². The Morgan fingerprint density at radius 1 is 1.03 bits per heavy atom. The quantitative estimate of drug-likeness (QED) is 0.669. The lowest BCUT2D eigenvalue weighted by molar-refractivity contribution is -0.121. The van der Waals surface area contributed by atoms with E-state index in [1.54, 1.807) is 20.0 Å². The summed E-state index contributed by atoms with van der Waals surface area (Å²) in [5, 5.41) is 2.82. The fraction of sp³-hybridized carbons (Fsp3) is 0.333. The van der Waals surface area contributed by atoms with Crippen molar-refractivity contribution in [3.63, 3.8) is 0 Å². The molecule has 2 heterocycles. The van der Waals surface area contributed by atoms with Crippen LogP contribution in [0.4, 0.5) is 0 Å². The van der Waals surface area contributed by atoms with Crippen molar-refractivity contribution in [2.75, 3.05) is 0 Å². The molecule has 0 unspecified atom stereocenters. The van der Waals surface area contributed by atoms with Crippen LogP contribution in [0, 0.1) is 27.7 Å². The highest BCUT2D eigenvalue weighted by Crippen LogP contribution is 2.06. The molecule has 0 fully saturated rings. The number of benzene rings is 1. The second kappa shape index (κ2) is 12.4. The number of pyridine rings is 1. The second-order valence-corrected chi connectivity index (χ2v) is 7.19. The highest BCUT2D eigenvalue weighted by atomic mass is 16.2. The molecule has 0 aliphatic carbocycles. The van der Waals surface area contributed by atoms with Crippen LogP contribution in [0.25, 0.3) is 0 Å². The lowest BCUT2D eigenvalue weighted by atomic mass is 10.2. The van der Waals surface area contributed by atoms with E-state index in [1.165, 1.54) is 10.1 Å². The highest BCUT2D eigenvalue weighted by Gasteiger charge is 2.10. The zero-order valence-electron chi connectivity index (χ0n) is 18.9. The van der Waals surface area contributed by atoms with Gasteiger partial charge in [-0.05, 0) is 51.3 Å². The number of rotatable bonds is 5. The SMILES string of the molecule is CCc1ccccc1.Cc1ccc(CNC(=O)Cn2c(C)cnc(C)c2=O)c(C)n1.O.[HH].[HH].[HH]. The summed E-state index contributed by atoms with van der Waals surface area (Å²) in [6.07, 6.45) is 2.74. The molecule has 3 N–H and O–H groups in total. The van der Waals surface area contributed by atoms with E-state index in [0.717, 1.165) is 23.4 Å². The van der Waals surface area contributed by atoms with Crippen LogP contribution in [0.3, 0.4) is 0 Å². The molecule has 0 saturated heterocycles. The third-order valence-electron chi connectivity index (χ3n) is 4.79. The first-order valence-corrected chi connectivity index (χ1v) is 10.1. The minimum Gasteiger partial charge on any atom is -0.412 e. The van der Waals surface area contributed by atoms with Crippen molar-refractivity contribution in [3.05, 3.63) is 92.9 Å². The van der Waals surface area contributed by atoms with Gasteiger partial charge >= 0.3 is 0 Å². The topological polar surface area (TPSA) is 108 Å². The van der Waals surface area contributed by atoms with Crippen molar-refractivity contribution in [3.8, 4) is 0 Å². The van der Waals surface area contributed by atoms with E-state index in [0.29, 0.717) is 17.9 Å². The Kier molecular flexibility index (Phi) is 10.3. The molecule has 172 valence electrons. The molecule has 31 heavy (non-hydrogen) atoms. The van der Waals surface area contributed by atoms with Gasteiger partial charge in [0.05, 0.1) is 0 Å². The van der Waals surface area contributed by atoms with Crippen LogP contribution in [-0.2, 0) is 24.3 Å². The Balaban J connectivity index is -0.000000690. The summed E-state index contributed by atoms with van der Waals surface area (Å²) in [6.45, 7) is 9.79. The highest BCUT2D eigenvalue weighted by molar-refractivity contribution is 5.75. The van der Waals surface area contributed by atoms with E-state index in [2.05, 4.69) is 46.5 Å². The summed E-state index contributed by atoms with van der Waals surface area (Å²) in [5.74, 6) is -0.212. The first kappa shape index (κ1) is 25.7. The Labute approximate surface area is 188 Å². The molecule has 2 aromatic heterocycles. The van der Waals surface area contributed by atoms with Crippen molar-refractivity contribution >= 4 is 5.91 Å². The average molecular weight is 431 g/mol. The summed E-state index contributed by atoms with van der Waals surface area (Å²) in [7, 11) is 0. The van der Waals surface area contributed by atoms with Gasteiger partial charge in [-0.1, -0.05) is 43.3 Å². The monoisotopic (exact) mass is 430 g/mol. The van der Waals surface area contributed by atoms with Gasteiger partial charge in [0.25, 0.3) is 5.56 Å². The normalized spacial score (nSPS) is 9.84. The predicted octanol–water partition coefficient (Wildman–Crippen LogP) is 3.35. The Morgan fingerprint density at radius 3 is 2.29 bits per heavy atom. The summed E-state index contributed by atoms with van der Waals surface area (Å²) in [4.78, 5) is 32.4. The zero-order valence-corrected chi connectivity index (χ0v) is 18.9. The minimum absolute atomic E-state index is 0. The molecule has 0 radical (unpaired) electrons. The molecule has 0 aliphatic rings. The van der Waals surface area contributed by atoms with Gasteiger partial charge < -0.3 is 15.4 Å². The van der Waals surface area contributed by atoms with Gasteiger partial charge in [-0.3, -0.25) is 19.6 Å². The first-order chi connectivity index (χ1) is 14.3. The van der Waals surface area contributed by atoms with Gasteiger partial charge in [0.1, 0.15) is 12.2 Å². The molecule has 3 rings (SSSR count). The maximum atomic E-state index is 12.1. The van der Waals surface area contributed by atoms with E-state index < -0.39 is 0 Å². The lowest BCUT2D eigenvalue weighted by Crippen LogP contribution is -2.34. The van der Waals surface area contributed by atoms with Crippen molar-refractivity contribution in [2.24, 2.45) is 0 Å². The van der Waals surface area contributed by atoms with Crippen LogP contribution in [-0.4, -0.2) is 25.9 Å². The van der Waals surface area contributed by atoms with Gasteiger partial charge in [0.2, 0.25) is 5.91 Å². The number of hydrogen-bond acceptors (Lipinski definition) is 4. The molecule has 0 atom stereocenters. The summed E-state index contributed by atoms with van der Waals surface area (Å²) in [5.41, 5.74) is 5.04. The smallest absolute Gasteiger partial charge is 0.272 e. The molecule has 1 aromatic carbocycles. The van der Waals surface area contributed by atoms with Crippen LogP contribution >= 0.6 is 0 Å². The van der Waals surface area contributed by atoms with E-state index in [-0.39, 0.29) is 27.8 Å². The number of nitrogens with one attached hydrogen (secondary N) is 1. The van der Waals surface area contributed by atoms with Crippen molar-refractivity contribution in [1.29, 1.82) is 0 Å². The summed E-state index contributed by atoms with van der Waals surface area (Å²) >= 11 is 0. The third kappa shape index (κ3) is 7.79. The fourth-order valence-corrected chi connectivity index (χ4v) is 2.88. The zero-order chi connectivity index (χ0) is 22.1. The molecule has 7 nitrogen and oxygen atoms in total. The van der Waals surface area contributed by atoms with Gasteiger partial charge in [0, 0.05) is 34.1 Å². The van der Waals surface area contributed by atoms with Crippen LogP contribution in [0.5, 0.6) is 0 Å². The minimum atomic E-state index is -0.233. The molecule has 0 bridgehead atoms.